The number of nitrogens with one attached hydrogen (secondary N) is 2. The Morgan fingerprint density at radius 1 is 1.25 bits per heavy atom. The first-order chi connectivity index (χ1) is 11.5. The maximum atomic E-state index is 13.2. The molecule has 0 bridgehead atoms. The van der Waals surface area contributed by atoms with Crippen LogP contribution in [0, 0.1) is 5.82 Å². The van der Waals surface area contributed by atoms with Crippen molar-refractivity contribution < 1.29 is 19.1 Å². The van der Waals surface area contributed by atoms with E-state index in [1.165, 1.54) is 24.4 Å². The minimum atomic E-state index is -0.649. The number of amides is 2. The molecule has 0 saturated heterocycles. The van der Waals surface area contributed by atoms with Gasteiger partial charge in [-0.15, -0.1) is 0 Å². The second-order valence-electron chi connectivity index (χ2n) is 5.63. The summed E-state index contributed by atoms with van der Waals surface area (Å²) in [5.41, 5.74) is 0.831. The summed E-state index contributed by atoms with van der Waals surface area (Å²) in [7, 11) is 0. The number of aromatic nitrogens is 1. The minimum absolute atomic E-state index is 0.178. The molecule has 7 heteroatoms. The normalized spacial score (nSPS) is 13.4. The lowest BCUT2D eigenvalue weighted by molar-refractivity contribution is -0.120. The van der Waals surface area contributed by atoms with E-state index in [1.807, 2.05) is 0 Å². The van der Waals surface area contributed by atoms with Gasteiger partial charge >= 0.3 is 0 Å². The Kier molecular flexibility index (Phi) is 4.41. The number of pyridine rings is 1. The average molecular weight is 329 g/mol. The molecule has 0 aliphatic heterocycles. The maximum Gasteiger partial charge on any atom is 0.274 e. The van der Waals surface area contributed by atoms with E-state index in [0.29, 0.717) is 11.1 Å². The van der Waals surface area contributed by atoms with Gasteiger partial charge in [-0.2, -0.15) is 0 Å². The number of hydrogen-bond donors (Lipinski definition) is 3. The zero-order valence-corrected chi connectivity index (χ0v) is 12.8. The van der Waals surface area contributed by atoms with Gasteiger partial charge in [0.1, 0.15) is 11.6 Å². The van der Waals surface area contributed by atoms with Crippen molar-refractivity contribution in [3.8, 4) is 16.9 Å². The lowest BCUT2D eigenvalue weighted by Crippen LogP contribution is -2.38. The van der Waals surface area contributed by atoms with Crippen LogP contribution in [0.1, 0.15) is 23.3 Å². The highest BCUT2D eigenvalue weighted by molar-refractivity contribution is 5.97. The Hall–Kier alpha value is -2.96. The molecule has 1 fully saturated rings. The number of carbonyl (C=O) groups is 2. The molecule has 0 radical (unpaired) electrons. The van der Waals surface area contributed by atoms with Gasteiger partial charge in [-0.3, -0.25) is 9.59 Å². The second kappa shape index (κ2) is 6.66. The van der Waals surface area contributed by atoms with Crippen LogP contribution in [0.3, 0.4) is 0 Å². The largest absolute Gasteiger partial charge is 0.505 e. The molecular formula is C17H16FN3O3. The van der Waals surface area contributed by atoms with Crippen molar-refractivity contribution in [2.75, 3.05) is 6.54 Å². The van der Waals surface area contributed by atoms with Crippen molar-refractivity contribution in [2.45, 2.75) is 18.9 Å². The quantitative estimate of drug-likeness (QED) is 0.777. The van der Waals surface area contributed by atoms with Gasteiger partial charge in [-0.05, 0) is 36.6 Å². The summed E-state index contributed by atoms with van der Waals surface area (Å²) in [6.07, 6.45) is 3.29. The lowest BCUT2D eigenvalue weighted by atomic mass is 10.1. The summed E-state index contributed by atoms with van der Waals surface area (Å²) in [5.74, 6) is -1.67. The van der Waals surface area contributed by atoms with E-state index in [-0.39, 0.29) is 29.9 Å². The molecule has 3 rings (SSSR count). The van der Waals surface area contributed by atoms with Gasteiger partial charge in [0, 0.05) is 17.8 Å². The van der Waals surface area contributed by atoms with Gasteiger partial charge in [0.25, 0.3) is 5.91 Å². The van der Waals surface area contributed by atoms with Crippen molar-refractivity contribution in [1.82, 2.24) is 15.6 Å². The summed E-state index contributed by atoms with van der Waals surface area (Å²) in [5, 5.41) is 15.1. The molecule has 1 aliphatic carbocycles. The first-order valence-electron chi connectivity index (χ1n) is 7.55. The molecule has 1 heterocycles. The molecule has 1 saturated carbocycles. The fourth-order valence-electron chi connectivity index (χ4n) is 2.20. The molecule has 0 unspecified atom stereocenters. The molecule has 1 aliphatic rings. The molecule has 6 nitrogen and oxygen atoms in total. The Morgan fingerprint density at radius 2 is 2.04 bits per heavy atom. The fourth-order valence-corrected chi connectivity index (χ4v) is 2.20. The third-order valence-electron chi connectivity index (χ3n) is 3.59. The van der Waals surface area contributed by atoms with E-state index >= 15 is 0 Å². The number of aromatic hydroxyl groups is 1. The van der Waals surface area contributed by atoms with E-state index in [4.69, 9.17) is 0 Å². The summed E-state index contributed by atoms with van der Waals surface area (Å²) in [6, 6.07) is 7.37. The summed E-state index contributed by atoms with van der Waals surface area (Å²) < 4.78 is 13.2. The minimum Gasteiger partial charge on any atom is -0.505 e. The van der Waals surface area contributed by atoms with Crippen LogP contribution in [0.4, 0.5) is 4.39 Å². The summed E-state index contributed by atoms with van der Waals surface area (Å²) in [6.45, 7) is -0.178. The highest BCUT2D eigenvalue weighted by Gasteiger charge is 2.23. The molecule has 1 aromatic heterocycles. The number of carbonyl (C=O) groups excluding carboxylic acids is 2. The number of benzene rings is 1. The molecule has 1 aromatic carbocycles. The zero-order chi connectivity index (χ0) is 17.1. The Bertz CT molecular complexity index is 790. The monoisotopic (exact) mass is 329 g/mol. The standard InChI is InChI=1S/C17H16FN3O3/c18-12-3-1-2-10(6-12)11-7-14(22)16(19-8-11)17(24)20-9-15(23)21-13-4-5-13/h1-3,6-8,13,22H,4-5,9H2,(H,20,24)(H,21,23). The Morgan fingerprint density at radius 3 is 2.71 bits per heavy atom. The maximum absolute atomic E-state index is 13.2. The van der Waals surface area contributed by atoms with Crippen molar-refractivity contribution in [3.63, 3.8) is 0 Å². The van der Waals surface area contributed by atoms with Crippen LogP contribution in [0.2, 0.25) is 0 Å². The van der Waals surface area contributed by atoms with Crippen molar-refractivity contribution in [1.29, 1.82) is 0 Å². The van der Waals surface area contributed by atoms with Crippen molar-refractivity contribution >= 4 is 11.8 Å². The van der Waals surface area contributed by atoms with E-state index in [1.54, 1.807) is 12.1 Å². The molecule has 2 amide bonds. The third-order valence-corrected chi connectivity index (χ3v) is 3.59. The molecule has 3 N–H and O–H groups in total. The van der Waals surface area contributed by atoms with Gasteiger partial charge in [-0.1, -0.05) is 12.1 Å². The summed E-state index contributed by atoms with van der Waals surface area (Å²) >= 11 is 0. The first kappa shape index (κ1) is 15.9. The third kappa shape index (κ3) is 3.87. The van der Waals surface area contributed by atoms with Gasteiger partial charge in [0.2, 0.25) is 5.91 Å². The highest BCUT2D eigenvalue weighted by Crippen LogP contribution is 2.25. The highest BCUT2D eigenvalue weighted by atomic mass is 19.1. The van der Waals surface area contributed by atoms with Gasteiger partial charge in [-0.25, -0.2) is 9.37 Å². The molecule has 0 atom stereocenters. The number of hydrogen-bond acceptors (Lipinski definition) is 4. The Labute approximate surface area is 137 Å². The lowest BCUT2D eigenvalue weighted by Gasteiger charge is -2.08. The number of nitrogens with zero attached hydrogens (tertiary/aromatic N) is 1. The summed E-state index contributed by atoms with van der Waals surface area (Å²) in [4.78, 5) is 27.5. The van der Waals surface area contributed by atoms with E-state index < -0.39 is 11.7 Å². The van der Waals surface area contributed by atoms with Crippen molar-refractivity contribution in [3.05, 3.63) is 48.0 Å². The van der Waals surface area contributed by atoms with Crippen LogP contribution in [0.5, 0.6) is 5.75 Å². The predicted octanol–water partition coefficient (Wildman–Crippen LogP) is 1.60. The molecular weight excluding hydrogens is 313 g/mol. The van der Waals surface area contributed by atoms with Gasteiger partial charge in [0.15, 0.2) is 5.69 Å². The predicted molar refractivity (Wildman–Crippen MR) is 84.8 cm³/mol. The fraction of sp³-hybridized carbons (Fsp3) is 0.235. The van der Waals surface area contributed by atoms with Crippen LogP contribution in [0.15, 0.2) is 36.5 Å². The molecule has 24 heavy (non-hydrogen) atoms. The van der Waals surface area contributed by atoms with Crippen LogP contribution < -0.4 is 10.6 Å². The number of halogens is 1. The van der Waals surface area contributed by atoms with Crippen LogP contribution in [0.25, 0.3) is 11.1 Å². The van der Waals surface area contributed by atoms with E-state index in [9.17, 15) is 19.1 Å². The second-order valence-corrected chi connectivity index (χ2v) is 5.63. The van der Waals surface area contributed by atoms with Crippen LogP contribution >= 0.6 is 0 Å². The smallest absolute Gasteiger partial charge is 0.274 e. The SMILES string of the molecule is O=C(CNC(=O)c1ncc(-c2cccc(F)c2)cc1O)NC1CC1. The first-order valence-corrected chi connectivity index (χ1v) is 7.55. The Balaban J connectivity index is 1.67. The molecule has 0 spiro atoms. The zero-order valence-electron chi connectivity index (χ0n) is 12.8. The topological polar surface area (TPSA) is 91.3 Å². The number of rotatable bonds is 5. The van der Waals surface area contributed by atoms with E-state index in [0.717, 1.165) is 12.8 Å². The van der Waals surface area contributed by atoms with Crippen LogP contribution in [-0.2, 0) is 4.79 Å². The van der Waals surface area contributed by atoms with Crippen LogP contribution in [-0.4, -0.2) is 34.5 Å². The van der Waals surface area contributed by atoms with Gasteiger partial charge in [0.05, 0.1) is 6.54 Å². The van der Waals surface area contributed by atoms with E-state index in [2.05, 4.69) is 15.6 Å². The molecule has 124 valence electrons. The van der Waals surface area contributed by atoms with Crippen molar-refractivity contribution in [2.24, 2.45) is 0 Å². The average Bonchev–Trinajstić information content (AvgIpc) is 3.36. The van der Waals surface area contributed by atoms with Gasteiger partial charge < -0.3 is 15.7 Å². The molecule has 2 aromatic rings.